The molecule has 2 amide bonds. The number of anilines is 2. The van der Waals surface area contributed by atoms with Crippen molar-refractivity contribution in [3.05, 3.63) is 42.0 Å². The number of benzene rings is 1. The minimum atomic E-state index is -3.71. The Morgan fingerprint density at radius 2 is 1.87 bits per heavy atom. The molecule has 1 aromatic carbocycles. The number of likely N-dealkylation sites (N-methyl/N-ethyl adjacent to an activating group) is 1. The van der Waals surface area contributed by atoms with Crippen molar-refractivity contribution in [1.29, 1.82) is 0 Å². The van der Waals surface area contributed by atoms with E-state index in [1.807, 2.05) is 13.8 Å². The van der Waals surface area contributed by atoms with Crippen molar-refractivity contribution in [2.45, 2.75) is 51.0 Å². The number of fused-ring (bicyclic) bond motifs is 4. The van der Waals surface area contributed by atoms with Gasteiger partial charge in [0.15, 0.2) is 0 Å². The smallest absolute Gasteiger partial charge is 0.407 e. The summed E-state index contributed by atoms with van der Waals surface area (Å²) in [5.41, 5.74) is 1.49. The van der Waals surface area contributed by atoms with Gasteiger partial charge < -0.3 is 25.0 Å². The number of nitrogens with one attached hydrogen (secondary N) is 2. The first kappa shape index (κ1) is 31.0. The van der Waals surface area contributed by atoms with E-state index in [-0.39, 0.29) is 41.1 Å². The quantitative estimate of drug-likeness (QED) is 0.311. The number of aromatic nitrogens is 2. The highest BCUT2D eigenvalue weighted by Crippen LogP contribution is 2.65. The third-order valence-corrected chi connectivity index (χ3v) is 9.88. The number of ether oxygens (including phenoxy) is 1. The summed E-state index contributed by atoms with van der Waals surface area (Å²) in [6.45, 7) is 5.61. The molecule has 1 saturated heterocycles. The van der Waals surface area contributed by atoms with E-state index >= 15 is 4.39 Å². The van der Waals surface area contributed by atoms with Gasteiger partial charge in [-0.3, -0.25) is 14.5 Å². The first-order valence-electron chi connectivity index (χ1n) is 15.0. The molecule has 0 unspecified atom stereocenters. The lowest BCUT2D eigenvalue weighted by Gasteiger charge is -2.56. The van der Waals surface area contributed by atoms with E-state index in [0.717, 1.165) is 11.8 Å². The van der Waals surface area contributed by atoms with Crippen LogP contribution in [0.5, 0.6) is 5.88 Å². The summed E-state index contributed by atoms with van der Waals surface area (Å²) in [6, 6.07) is 4.72. The van der Waals surface area contributed by atoms with Crippen LogP contribution >= 0.6 is 0 Å². The van der Waals surface area contributed by atoms with E-state index in [9.17, 15) is 23.1 Å². The standard InChI is InChI=1S/C31H37FN6O6S/c1-18(2)33-7-10-44-27-24(36-45(4,42)43)11-19(14-35-27)20-12-21-23(13-22(20)32)34-15-25-26(21)31(28(39)37(25)3)16-30(17-31)5-8-38(9-6-30)29(40)41/h11-15,18,33,36H,5-10,16-17H2,1-4H3,(H,40,41). The number of sulfonamides is 1. The number of likely N-dealkylation sites (tertiary alicyclic amines) is 1. The summed E-state index contributed by atoms with van der Waals surface area (Å²) < 4.78 is 48.3. The molecule has 0 atom stereocenters. The summed E-state index contributed by atoms with van der Waals surface area (Å²) in [5, 5.41) is 13.3. The van der Waals surface area contributed by atoms with Gasteiger partial charge in [0.05, 0.1) is 29.1 Å². The molecule has 6 rings (SSSR count). The molecule has 3 N–H and O–H groups in total. The van der Waals surface area contributed by atoms with Gasteiger partial charge in [0.1, 0.15) is 18.1 Å². The number of amides is 2. The van der Waals surface area contributed by atoms with E-state index in [2.05, 4.69) is 20.0 Å². The molecule has 1 saturated carbocycles. The molecule has 2 fully saturated rings. The second-order valence-corrected chi connectivity index (χ2v) is 14.6. The van der Waals surface area contributed by atoms with E-state index in [1.165, 1.54) is 23.2 Å². The summed E-state index contributed by atoms with van der Waals surface area (Å²) in [7, 11) is -1.99. The van der Waals surface area contributed by atoms with Crippen LogP contribution in [0.2, 0.25) is 0 Å². The van der Waals surface area contributed by atoms with Gasteiger partial charge in [-0.05, 0) is 43.2 Å². The first-order chi connectivity index (χ1) is 21.2. The summed E-state index contributed by atoms with van der Waals surface area (Å²) in [6.07, 6.45) is 5.64. The molecule has 3 aromatic rings. The van der Waals surface area contributed by atoms with Gasteiger partial charge in [-0.2, -0.15) is 0 Å². The number of hydrogen-bond acceptors (Lipinski definition) is 8. The Kier molecular flexibility index (Phi) is 7.63. The zero-order valence-corrected chi connectivity index (χ0v) is 26.5. The van der Waals surface area contributed by atoms with E-state index in [1.54, 1.807) is 24.2 Å². The Balaban J connectivity index is 1.38. The van der Waals surface area contributed by atoms with Crippen molar-refractivity contribution in [2.75, 3.05) is 49.2 Å². The minimum Gasteiger partial charge on any atom is -0.475 e. The second-order valence-electron chi connectivity index (χ2n) is 12.8. The zero-order valence-electron chi connectivity index (χ0n) is 25.7. The Labute approximate surface area is 261 Å². The van der Waals surface area contributed by atoms with Gasteiger partial charge in [0.2, 0.25) is 21.8 Å². The van der Waals surface area contributed by atoms with Crippen molar-refractivity contribution in [3.63, 3.8) is 0 Å². The molecule has 14 heteroatoms. The van der Waals surface area contributed by atoms with Crippen LogP contribution in [0.15, 0.2) is 30.6 Å². The number of piperidine rings is 1. The lowest BCUT2D eigenvalue weighted by Crippen LogP contribution is -2.58. The second kappa shape index (κ2) is 11.1. The van der Waals surface area contributed by atoms with Crippen LogP contribution in [-0.4, -0.2) is 86.0 Å². The highest BCUT2D eigenvalue weighted by Gasteiger charge is 2.64. The summed E-state index contributed by atoms with van der Waals surface area (Å²) >= 11 is 0. The highest BCUT2D eigenvalue weighted by molar-refractivity contribution is 7.92. The maximum absolute atomic E-state index is 15.7. The molecule has 0 radical (unpaired) electrons. The third kappa shape index (κ3) is 5.54. The number of hydrogen-bond donors (Lipinski definition) is 3. The largest absolute Gasteiger partial charge is 0.475 e. The first-order valence-corrected chi connectivity index (χ1v) is 16.8. The third-order valence-electron chi connectivity index (χ3n) is 9.29. The van der Waals surface area contributed by atoms with Crippen LogP contribution in [0.4, 0.5) is 20.6 Å². The van der Waals surface area contributed by atoms with E-state index in [0.29, 0.717) is 67.5 Å². The minimum absolute atomic E-state index is 0.0428. The van der Waals surface area contributed by atoms with Crippen molar-refractivity contribution in [1.82, 2.24) is 20.2 Å². The number of rotatable bonds is 8. The van der Waals surface area contributed by atoms with E-state index < -0.39 is 27.3 Å². The number of nitrogens with zero attached hydrogens (tertiary/aromatic N) is 4. The Morgan fingerprint density at radius 3 is 2.51 bits per heavy atom. The molecule has 240 valence electrons. The fourth-order valence-corrected chi connectivity index (χ4v) is 7.83. The maximum atomic E-state index is 15.7. The lowest BCUT2D eigenvalue weighted by molar-refractivity contribution is -0.134. The molecular weight excluding hydrogens is 603 g/mol. The Hall–Kier alpha value is -4.04. The van der Waals surface area contributed by atoms with Crippen LogP contribution in [0.3, 0.4) is 0 Å². The van der Waals surface area contributed by atoms with Gasteiger partial charge >= 0.3 is 6.09 Å². The van der Waals surface area contributed by atoms with Crippen LogP contribution in [0.25, 0.3) is 22.0 Å². The Morgan fingerprint density at radius 1 is 1.16 bits per heavy atom. The predicted octanol–water partition coefficient (Wildman–Crippen LogP) is 3.95. The predicted molar refractivity (Wildman–Crippen MR) is 168 cm³/mol. The normalized spacial score (nSPS) is 18.5. The highest BCUT2D eigenvalue weighted by atomic mass is 32.2. The number of carboxylic acid groups (broad SMARTS) is 1. The monoisotopic (exact) mass is 640 g/mol. The average Bonchev–Trinajstić information content (AvgIpc) is 3.17. The number of halogens is 1. The molecule has 4 heterocycles. The van der Waals surface area contributed by atoms with Gasteiger partial charge in [-0.15, -0.1) is 0 Å². The van der Waals surface area contributed by atoms with E-state index in [4.69, 9.17) is 4.74 Å². The average molecular weight is 641 g/mol. The fraction of sp³-hybridized carbons (Fsp3) is 0.484. The molecule has 2 spiro atoms. The van der Waals surface area contributed by atoms with Crippen LogP contribution < -0.4 is 19.7 Å². The van der Waals surface area contributed by atoms with Crippen LogP contribution in [0, 0.1) is 11.2 Å². The zero-order chi connectivity index (χ0) is 32.3. The SMILES string of the molecule is CC(C)NCCOc1ncc(-c2cc3c4c(cnc3cc2F)N(C)C(=O)C42CC3(CCN(C(=O)O)CC3)C2)cc1NS(C)(=O)=O. The summed E-state index contributed by atoms with van der Waals surface area (Å²) in [4.78, 5) is 37.1. The lowest BCUT2D eigenvalue weighted by atomic mass is 9.47. The van der Waals surface area contributed by atoms with Gasteiger partial charge in [0.25, 0.3) is 0 Å². The van der Waals surface area contributed by atoms with Crippen molar-refractivity contribution in [2.24, 2.45) is 5.41 Å². The van der Waals surface area contributed by atoms with Gasteiger partial charge in [0, 0.05) is 67.1 Å². The number of carbonyl (C=O) groups is 2. The molecule has 2 aliphatic heterocycles. The molecule has 0 bridgehead atoms. The Bertz CT molecular complexity index is 1800. The molecule has 1 aliphatic carbocycles. The van der Waals surface area contributed by atoms with Gasteiger partial charge in [-0.25, -0.2) is 22.6 Å². The molecule has 45 heavy (non-hydrogen) atoms. The molecule has 12 nitrogen and oxygen atoms in total. The molecular formula is C31H37FN6O6S. The maximum Gasteiger partial charge on any atom is 0.407 e. The topological polar surface area (TPSA) is 154 Å². The van der Waals surface area contributed by atoms with Crippen molar-refractivity contribution < 1.29 is 32.2 Å². The van der Waals surface area contributed by atoms with Gasteiger partial charge in [-0.1, -0.05) is 13.8 Å². The van der Waals surface area contributed by atoms with Crippen LogP contribution in [-0.2, 0) is 20.2 Å². The molecule has 3 aliphatic rings. The molecule has 2 aromatic heterocycles. The summed E-state index contributed by atoms with van der Waals surface area (Å²) in [5.74, 6) is -0.549. The number of pyridine rings is 2. The van der Waals surface area contributed by atoms with Crippen LogP contribution in [0.1, 0.15) is 45.1 Å². The van der Waals surface area contributed by atoms with Crippen molar-refractivity contribution in [3.8, 4) is 17.0 Å². The fourth-order valence-electron chi connectivity index (χ4n) is 7.28. The van der Waals surface area contributed by atoms with Crippen molar-refractivity contribution >= 4 is 44.3 Å². The number of carbonyl (C=O) groups excluding carboxylic acids is 1.